The first-order valence-corrected chi connectivity index (χ1v) is 9.34. The van der Waals surface area contributed by atoms with Crippen LogP contribution in [0, 0.1) is 11.2 Å². The summed E-state index contributed by atoms with van der Waals surface area (Å²) in [5.41, 5.74) is 0.742. The Morgan fingerprint density at radius 3 is 2.78 bits per heavy atom. The van der Waals surface area contributed by atoms with Gasteiger partial charge in [0, 0.05) is 31.6 Å². The third-order valence-corrected chi connectivity index (χ3v) is 5.68. The van der Waals surface area contributed by atoms with E-state index in [1.807, 2.05) is 17.0 Å². The second-order valence-corrected chi connectivity index (χ2v) is 7.78. The summed E-state index contributed by atoms with van der Waals surface area (Å²) >= 11 is 0. The summed E-state index contributed by atoms with van der Waals surface area (Å²) in [5.74, 6) is -0.222. The molecule has 1 spiro atoms. The molecule has 1 aromatic carbocycles. The number of carbonyl (C=O) groups is 1. The predicted molar refractivity (Wildman–Crippen MR) is 94.1 cm³/mol. The summed E-state index contributed by atoms with van der Waals surface area (Å²) in [6.07, 6.45) is 4.46. The van der Waals surface area contributed by atoms with Crippen molar-refractivity contribution in [3.8, 4) is 0 Å². The second kappa shape index (κ2) is 7.26. The fourth-order valence-corrected chi connectivity index (χ4v) is 4.38. The fourth-order valence-electron chi connectivity index (χ4n) is 4.38. The summed E-state index contributed by atoms with van der Waals surface area (Å²) in [4.78, 5) is 27.9. The number of aromatic nitrogens is 2. The molecule has 0 saturated carbocycles. The van der Waals surface area contributed by atoms with E-state index in [1.165, 1.54) is 23.0 Å². The van der Waals surface area contributed by atoms with Gasteiger partial charge in [0.15, 0.2) is 0 Å². The number of H-pyrrole nitrogens is 1. The third-order valence-electron chi connectivity index (χ3n) is 5.68. The molecule has 8 heteroatoms. The van der Waals surface area contributed by atoms with Crippen LogP contribution in [0.25, 0.3) is 0 Å². The van der Waals surface area contributed by atoms with Gasteiger partial charge in [0.05, 0.1) is 0 Å². The lowest BCUT2D eigenvalue weighted by Crippen LogP contribution is -2.48. The van der Waals surface area contributed by atoms with E-state index in [4.69, 9.17) is 0 Å². The van der Waals surface area contributed by atoms with Gasteiger partial charge in [-0.1, -0.05) is 16.8 Å². The Bertz CT molecular complexity index is 862. The van der Waals surface area contributed by atoms with Crippen molar-refractivity contribution in [2.45, 2.75) is 32.4 Å². The number of halogens is 1. The molecule has 1 N–H and O–H groups in total. The third kappa shape index (κ3) is 4.10. The minimum absolute atomic E-state index is 0.00965. The second-order valence-electron chi connectivity index (χ2n) is 7.78. The van der Waals surface area contributed by atoms with Crippen LogP contribution < -0.4 is 10.3 Å². The number of amides is 1. The molecule has 7 nitrogen and oxygen atoms in total. The molecule has 2 aliphatic heterocycles. The first-order valence-electron chi connectivity index (χ1n) is 9.34. The molecule has 1 aromatic heterocycles. The van der Waals surface area contributed by atoms with Gasteiger partial charge in [0.1, 0.15) is 5.82 Å². The number of carbonyl (C=O) groups excluding carboxylic acids is 1. The molecule has 3 heterocycles. The molecule has 0 unspecified atom stereocenters. The standard InChI is InChI=1S/C19H23FN4O3/c20-16-4-2-15(3-5-16)10-22-8-1-6-19(13-22)7-9-23(14-19)17(25)11-24-12-18(26)27-21-24/h2-5,12H,1,6-11,13-14H2/p+1/t19-/m0/s1. The van der Waals surface area contributed by atoms with Crippen molar-refractivity contribution in [1.29, 1.82) is 0 Å². The number of likely N-dealkylation sites (tertiary alicyclic amines) is 2. The van der Waals surface area contributed by atoms with E-state index >= 15 is 0 Å². The van der Waals surface area contributed by atoms with E-state index in [-0.39, 0.29) is 23.7 Å². The maximum Gasteiger partial charge on any atom is 0.426 e. The Labute approximate surface area is 156 Å². The highest BCUT2D eigenvalue weighted by Crippen LogP contribution is 2.39. The highest BCUT2D eigenvalue weighted by molar-refractivity contribution is 5.75. The minimum atomic E-state index is -0.496. The summed E-state index contributed by atoms with van der Waals surface area (Å²) in [6.45, 7) is 4.35. The molecule has 2 fully saturated rings. The van der Waals surface area contributed by atoms with Gasteiger partial charge in [-0.25, -0.2) is 9.18 Å². The van der Waals surface area contributed by atoms with Gasteiger partial charge in [0.2, 0.25) is 0 Å². The largest absolute Gasteiger partial charge is 0.426 e. The number of aromatic amines is 1. The molecular formula is C19H24FN4O3+. The number of piperidine rings is 1. The van der Waals surface area contributed by atoms with Crippen molar-refractivity contribution in [3.63, 3.8) is 0 Å². The average molecular weight is 375 g/mol. The van der Waals surface area contributed by atoms with Gasteiger partial charge < -0.3 is 4.90 Å². The number of hydrogen-bond acceptors (Lipinski definition) is 4. The van der Waals surface area contributed by atoms with Gasteiger partial charge in [-0.05, 0) is 48.8 Å². The molecule has 1 atom stereocenters. The van der Waals surface area contributed by atoms with E-state index in [0.29, 0.717) is 0 Å². The van der Waals surface area contributed by atoms with E-state index in [9.17, 15) is 14.0 Å². The maximum absolute atomic E-state index is 13.1. The first-order chi connectivity index (χ1) is 13.0. The normalized spacial score (nSPS) is 23.2. The van der Waals surface area contributed by atoms with E-state index < -0.39 is 5.63 Å². The molecule has 0 bridgehead atoms. The van der Waals surface area contributed by atoms with Crippen molar-refractivity contribution in [1.82, 2.24) is 15.1 Å². The molecule has 4 rings (SSSR count). The predicted octanol–water partition coefficient (Wildman–Crippen LogP) is 0.909. The van der Waals surface area contributed by atoms with Crippen molar-refractivity contribution in [2.75, 3.05) is 26.2 Å². The van der Waals surface area contributed by atoms with Crippen molar-refractivity contribution in [3.05, 3.63) is 52.3 Å². The lowest BCUT2D eigenvalue weighted by atomic mass is 9.79. The van der Waals surface area contributed by atoms with E-state index in [2.05, 4.69) is 14.7 Å². The Morgan fingerprint density at radius 1 is 1.22 bits per heavy atom. The first kappa shape index (κ1) is 17.9. The SMILES string of the molecule is O=C(C[n+]1cc(=O)o[nH]1)N1CC[C@]2(CCCN(Cc3ccc(F)cc3)C2)C1. The van der Waals surface area contributed by atoms with Crippen LogP contribution in [0.4, 0.5) is 4.39 Å². The Morgan fingerprint density at radius 2 is 2.04 bits per heavy atom. The van der Waals surface area contributed by atoms with Crippen LogP contribution in [0.5, 0.6) is 0 Å². The Kier molecular flexibility index (Phi) is 4.82. The van der Waals surface area contributed by atoms with Crippen LogP contribution in [-0.2, 0) is 17.9 Å². The van der Waals surface area contributed by atoms with Gasteiger partial charge in [0.25, 0.3) is 18.6 Å². The fraction of sp³-hybridized carbons (Fsp3) is 0.526. The number of benzene rings is 1. The quantitative estimate of drug-likeness (QED) is 0.807. The van der Waals surface area contributed by atoms with Gasteiger partial charge in [-0.3, -0.25) is 14.2 Å². The van der Waals surface area contributed by atoms with Crippen LogP contribution in [0.3, 0.4) is 0 Å². The minimum Gasteiger partial charge on any atom is -0.337 e. The number of nitrogens with one attached hydrogen (secondary N) is 1. The molecule has 0 aliphatic carbocycles. The molecular weight excluding hydrogens is 351 g/mol. The molecule has 2 aliphatic rings. The highest BCUT2D eigenvalue weighted by Gasteiger charge is 2.43. The van der Waals surface area contributed by atoms with Crippen LogP contribution in [0.1, 0.15) is 24.8 Å². The molecule has 0 radical (unpaired) electrons. The zero-order chi connectivity index (χ0) is 18.9. The van der Waals surface area contributed by atoms with Crippen LogP contribution in [0.15, 0.2) is 39.8 Å². The number of nitrogens with zero attached hydrogens (tertiary/aromatic N) is 3. The van der Waals surface area contributed by atoms with Gasteiger partial charge in [-0.15, -0.1) is 0 Å². The lowest BCUT2D eigenvalue weighted by Gasteiger charge is -2.40. The smallest absolute Gasteiger partial charge is 0.337 e. The lowest BCUT2D eigenvalue weighted by molar-refractivity contribution is -0.751. The van der Waals surface area contributed by atoms with E-state index in [0.717, 1.165) is 57.5 Å². The van der Waals surface area contributed by atoms with Crippen LogP contribution >= 0.6 is 0 Å². The summed E-state index contributed by atoms with van der Waals surface area (Å²) < 4.78 is 19.1. The Balaban J connectivity index is 1.36. The average Bonchev–Trinajstić information content (AvgIpc) is 3.24. The molecule has 1 amide bonds. The molecule has 27 heavy (non-hydrogen) atoms. The topological polar surface area (TPSA) is 73.4 Å². The number of hydrogen-bond donors (Lipinski definition) is 1. The van der Waals surface area contributed by atoms with Gasteiger partial charge >= 0.3 is 5.63 Å². The zero-order valence-corrected chi connectivity index (χ0v) is 15.2. The highest BCUT2D eigenvalue weighted by atomic mass is 19.1. The van der Waals surface area contributed by atoms with Crippen LogP contribution in [0.2, 0.25) is 0 Å². The maximum atomic E-state index is 13.1. The van der Waals surface area contributed by atoms with E-state index in [1.54, 1.807) is 0 Å². The number of rotatable bonds is 4. The summed E-state index contributed by atoms with van der Waals surface area (Å²) in [6, 6.07) is 6.68. The van der Waals surface area contributed by atoms with Crippen molar-refractivity contribution in [2.24, 2.45) is 5.41 Å². The van der Waals surface area contributed by atoms with Gasteiger partial charge in [-0.2, -0.15) is 0 Å². The summed E-state index contributed by atoms with van der Waals surface area (Å²) in [5, 5.41) is 2.42. The Hall–Kier alpha value is -2.48. The molecule has 2 saturated heterocycles. The molecule has 2 aromatic rings. The monoisotopic (exact) mass is 375 g/mol. The zero-order valence-electron chi connectivity index (χ0n) is 15.2. The van der Waals surface area contributed by atoms with Crippen molar-refractivity contribution < 1.29 is 18.4 Å². The molecule has 144 valence electrons. The van der Waals surface area contributed by atoms with Crippen LogP contribution in [-0.4, -0.2) is 47.2 Å². The van der Waals surface area contributed by atoms with Crippen molar-refractivity contribution >= 4 is 5.91 Å². The summed E-state index contributed by atoms with van der Waals surface area (Å²) in [7, 11) is 0.